The highest BCUT2D eigenvalue weighted by Crippen LogP contribution is 2.16. The Morgan fingerprint density at radius 2 is 1.77 bits per heavy atom. The Balaban J connectivity index is 1.58. The smallest absolute Gasteiger partial charge is 0.339 e. The molecule has 3 rings (SSSR count). The summed E-state index contributed by atoms with van der Waals surface area (Å²) in [7, 11) is 0. The van der Waals surface area contributed by atoms with Crippen molar-refractivity contribution in [1.82, 2.24) is 15.2 Å². The van der Waals surface area contributed by atoms with Gasteiger partial charge < -0.3 is 15.0 Å². The lowest BCUT2D eigenvalue weighted by Gasteiger charge is -2.32. The highest BCUT2D eigenvalue weighted by Gasteiger charge is 2.26. The van der Waals surface area contributed by atoms with Gasteiger partial charge in [-0.05, 0) is 57.4 Å². The third-order valence-corrected chi connectivity index (χ3v) is 5.31. The first kappa shape index (κ1) is 21.5. The maximum atomic E-state index is 12.8. The topological polar surface area (TPSA) is 88.6 Å². The number of aromatic nitrogens is 1. The number of hydrogen-bond acceptors (Lipinski definition) is 5. The van der Waals surface area contributed by atoms with Gasteiger partial charge in [0.05, 0.1) is 17.9 Å². The Morgan fingerprint density at radius 1 is 1.07 bits per heavy atom. The van der Waals surface area contributed by atoms with Crippen LogP contribution in [0, 0.1) is 13.8 Å². The van der Waals surface area contributed by atoms with Crippen LogP contribution in [-0.2, 0) is 4.74 Å². The van der Waals surface area contributed by atoms with E-state index in [2.05, 4.69) is 10.3 Å². The molecule has 2 heterocycles. The number of ether oxygens (including phenoxy) is 1. The van der Waals surface area contributed by atoms with Crippen LogP contribution in [0.1, 0.15) is 62.2 Å². The molecule has 0 bridgehead atoms. The fraction of sp³-hybridized carbons (Fsp3) is 0.391. The highest BCUT2D eigenvalue weighted by atomic mass is 16.5. The Morgan fingerprint density at radius 3 is 2.40 bits per heavy atom. The van der Waals surface area contributed by atoms with Gasteiger partial charge in [-0.1, -0.05) is 18.2 Å². The second-order valence-corrected chi connectivity index (χ2v) is 7.40. The summed E-state index contributed by atoms with van der Waals surface area (Å²) >= 11 is 0. The van der Waals surface area contributed by atoms with E-state index < -0.39 is 5.97 Å². The van der Waals surface area contributed by atoms with Crippen molar-refractivity contribution in [3.05, 3.63) is 64.5 Å². The molecule has 0 atom stereocenters. The minimum Gasteiger partial charge on any atom is -0.462 e. The summed E-state index contributed by atoms with van der Waals surface area (Å²) in [5.41, 5.74) is 2.77. The lowest BCUT2D eigenvalue weighted by atomic mass is 10.0. The number of amides is 2. The summed E-state index contributed by atoms with van der Waals surface area (Å²) in [4.78, 5) is 43.3. The SMILES string of the molecule is CCOC(=O)c1ccc(C(=O)N2CCC(NC(=O)c3ccccc3C)CC2)nc1C. The molecule has 0 saturated carbocycles. The minimum atomic E-state index is -0.438. The van der Waals surface area contributed by atoms with Gasteiger partial charge in [0.2, 0.25) is 0 Å². The van der Waals surface area contributed by atoms with E-state index in [1.807, 2.05) is 31.2 Å². The number of nitrogens with zero attached hydrogens (tertiary/aromatic N) is 2. The maximum Gasteiger partial charge on any atom is 0.339 e. The van der Waals surface area contributed by atoms with Crippen LogP contribution in [0.4, 0.5) is 0 Å². The number of carbonyl (C=O) groups is 3. The second-order valence-electron chi connectivity index (χ2n) is 7.40. The molecule has 2 aromatic rings. The van der Waals surface area contributed by atoms with E-state index in [4.69, 9.17) is 4.74 Å². The Bertz CT molecular complexity index is 949. The number of likely N-dealkylation sites (tertiary alicyclic amines) is 1. The van der Waals surface area contributed by atoms with Crippen molar-refractivity contribution in [2.45, 2.75) is 39.7 Å². The zero-order valence-corrected chi connectivity index (χ0v) is 17.6. The molecule has 2 amide bonds. The monoisotopic (exact) mass is 409 g/mol. The largest absolute Gasteiger partial charge is 0.462 e. The van der Waals surface area contributed by atoms with E-state index in [9.17, 15) is 14.4 Å². The second kappa shape index (κ2) is 9.52. The summed E-state index contributed by atoms with van der Waals surface area (Å²) in [5.74, 6) is -0.686. The number of pyridine rings is 1. The molecule has 0 unspecified atom stereocenters. The average Bonchev–Trinajstić information content (AvgIpc) is 2.74. The van der Waals surface area contributed by atoms with E-state index in [0.29, 0.717) is 48.4 Å². The summed E-state index contributed by atoms with van der Waals surface area (Å²) < 4.78 is 5.00. The first-order valence-electron chi connectivity index (χ1n) is 10.2. The molecular weight excluding hydrogens is 382 g/mol. The first-order valence-corrected chi connectivity index (χ1v) is 10.2. The van der Waals surface area contributed by atoms with Gasteiger partial charge in [-0.25, -0.2) is 9.78 Å². The number of hydrogen-bond donors (Lipinski definition) is 1. The van der Waals surface area contributed by atoms with Crippen molar-refractivity contribution in [1.29, 1.82) is 0 Å². The Kier molecular flexibility index (Phi) is 6.82. The van der Waals surface area contributed by atoms with Gasteiger partial charge in [0, 0.05) is 24.7 Å². The fourth-order valence-electron chi connectivity index (χ4n) is 3.58. The van der Waals surface area contributed by atoms with E-state index in [1.54, 1.807) is 30.9 Å². The van der Waals surface area contributed by atoms with Crippen molar-refractivity contribution in [2.75, 3.05) is 19.7 Å². The molecule has 0 spiro atoms. The number of esters is 1. The quantitative estimate of drug-likeness (QED) is 0.767. The predicted octanol–water partition coefficient (Wildman–Crippen LogP) is 2.91. The molecule has 1 saturated heterocycles. The fourth-order valence-corrected chi connectivity index (χ4v) is 3.58. The van der Waals surface area contributed by atoms with Gasteiger partial charge in [0.15, 0.2) is 0 Å². The lowest BCUT2D eigenvalue weighted by Crippen LogP contribution is -2.46. The van der Waals surface area contributed by atoms with Gasteiger partial charge in [-0.2, -0.15) is 0 Å². The van der Waals surface area contributed by atoms with Crippen molar-refractivity contribution >= 4 is 17.8 Å². The van der Waals surface area contributed by atoms with Crippen molar-refractivity contribution in [2.24, 2.45) is 0 Å². The highest BCUT2D eigenvalue weighted by molar-refractivity contribution is 5.96. The van der Waals surface area contributed by atoms with Crippen LogP contribution in [0.25, 0.3) is 0 Å². The molecule has 1 aromatic carbocycles. The molecule has 1 aliphatic heterocycles. The first-order chi connectivity index (χ1) is 14.4. The van der Waals surface area contributed by atoms with Gasteiger partial charge >= 0.3 is 5.97 Å². The number of aryl methyl sites for hydroxylation is 2. The number of rotatable bonds is 5. The van der Waals surface area contributed by atoms with E-state index in [-0.39, 0.29) is 24.5 Å². The Labute approximate surface area is 176 Å². The van der Waals surface area contributed by atoms with Gasteiger partial charge in [0.25, 0.3) is 11.8 Å². The Hall–Kier alpha value is -3.22. The van der Waals surface area contributed by atoms with Crippen LogP contribution in [0.2, 0.25) is 0 Å². The number of nitrogens with one attached hydrogen (secondary N) is 1. The number of benzene rings is 1. The molecule has 30 heavy (non-hydrogen) atoms. The van der Waals surface area contributed by atoms with Crippen LogP contribution in [-0.4, -0.2) is 53.4 Å². The van der Waals surface area contributed by atoms with E-state index >= 15 is 0 Å². The van der Waals surface area contributed by atoms with Crippen LogP contribution in [0.5, 0.6) is 0 Å². The third kappa shape index (κ3) is 4.84. The summed E-state index contributed by atoms with van der Waals surface area (Å²) in [6.45, 7) is 6.71. The zero-order chi connectivity index (χ0) is 21.7. The zero-order valence-electron chi connectivity index (χ0n) is 17.6. The summed E-state index contributed by atoms with van der Waals surface area (Å²) in [5, 5.41) is 3.07. The van der Waals surface area contributed by atoms with Crippen molar-refractivity contribution in [3.63, 3.8) is 0 Å². The molecule has 7 heteroatoms. The summed E-state index contributed by atoms with van der Waals surface area (Å²) in [6.07, 6.45) is 1.37. The molecule has 1 fully saturated rings. The maximum absolute atomic E-state index is 12.8. The number of carbonyl (C=O) groups excluding carboxylic acids is 3. The average molecular weight is 409 g/mol. The van der Waals surface area contributed by atoms with E-state index in [0.717, 1.165) is 5.56 Å². The van der Waals surface area contributed by atoms with Gasteiger partial charge in [-0.15, -0.1) is 0 Å². The van der Waals surface area contributed by atoms with Gasteiger partial charge in [0.1, 0.15) is 5.69 Å². The predicted molar refractivity (Wildman–Crippen MR) is 113 cm³/mol. The van der Waals surface area contributed by atoms with Gasteiger partial charge in [-0.3, -0.25) is 9.59 Å². The normalized spacial score (nSPS) is 14.3. The number of piperidine rings is 1. The molecule has 1 aliphatic rings. The minimum absolute atomic E-state index is 0.0297. The van der Waals surface area contributed by atoms with Crippen LogP contribution < -0.4 is 5.32 Å². The molecule has 7 nitrogen and oxygen atoms in total. The molecular formula is C23H27N3O4. The molecule has 1 aromatic heterocycles. The van der Waals surface area contributed by atoms with Crippen molar-refractivity contribution < 1.29 is 19.1 Å². The molecule has 0 aliphatic carbocycles. The molecule has 158 valence electrons. The van der Waals surface area contributed by atoms with Crippen LogP contribution in [0.3, 0.4) is 0 Å². The van der Waals surface area contributed by atoms with Crippen LogP contribution in [0.15, 0.2) is 36.4 Å². The lowest BCUT2D eigenvalue weighted by molar-refractivity contribution is 0.0523. The third-order valence-electron chi connectivity index (χ3n) is 5.31. The standard InChI is InChI=1S/C23H27N3O4/c1-4-30-23(29)19-9-10-20(24-16(19)3)22(28)26-13-11-17(12-14-26)25-21(27)18-8-6-5-7-15(18)2/h5-10,17H,4,11-14H2,1-3H3,(H,25,27). The van der Waals surface area contributed by atoms with E-state index in [1.165, 1.54) is 0 Å². The van der Waals surface area contributed by atoms with Crippen molar-refractivity contribution in [3.8, 4) is 0 Å². The molecule has 1 N–H and O–H groups in total. The van der Waals surface area contributed by atoms with Crippen LogP contribution >= 0.6 is 0 Å². The molecule has 0 radical (unpaired) electrons. The summed E-state index contributed by atoms with van der Waals surface area (Å²) in [6, 6.07) is 10.7.